The van der Waals surface area contributed by atoms with Crippen LogP contribution in [0, 0.1) is 0 Å². The first kappa shape index (κ1) is 40.6. The van der Waals surface area contributed by atoms with Gasteiger partial charge < -0.3 is 33.6 Å². The zero-order valence-electron chi connectivity index (χ0n) is 41.1. The molecule has 0 fully saturated rings. The standard InChI is InChI=1S/C66H37B4N3O4/c1-3-17-38(18-4-1)71-48-25-11-7-21-40(48)67-45-34-47-61(77-59-32-16-30-57-65(59)70(47)43-24-10-14-28-55(43)75-57)37-51(45)73-49-26-12-8-22-41(49)68-44-33-46-60(76-58-31-15-29-56-64(58)69(46)42-23-9-13-27-54(42)74-56)36-50(44)72(39-19-5-2-6-20-39)53-35-52(71)62(67)66(73)63(53)68/h1-37H. The zero-order chi connectivity index (χ0) is 49.8. The molecule has 11 aromatic carbocycles. The molecular weight excluding hydrogens is 942 g/mol. The summed E-state index contributed by atoms with van der Waals surface area (Å²) in [7, 11) is 0. The molecule has 0 aliphatic carbocycles. The van der Waals surface area contributed by atoms with Gasteiger partial charge in [0.1, 0.15) is 46.0 Å². The first-order chi connectivity index (χ1) is 38.2. The number of hydrogen-bond donors (Lipinski definition) is 0. The molecule has 8 heterocycles. The number of benzene rings is 11. The Labute approximate surface area is 445 Å². The van der Waals surface area contributed by atoms with E-state index in [9.17, 15) is 0 Å². The van der Waals surface area contributed by atoms with Gasteiger partial charge in [-0.1, -0.05) is 133 Å². The molecule has 77 heavy (non-hydrogen) atoms. The van der Waals surface area contributed by atoms with Gasteiger partial charge in [0.15, 0.2) is 0 Å². The fourth-order valence-electron chi connectivity index (χ4n) is 14.7. The largest absolute Gasteiger partial charge is 0.458 e. The van der Waals surface area contributed by atoms with E-state index in [-0.39, 0.29) is 26.9 Å². The van der Waals surface area contributed by atoms with Crippen LogP contribution in [0.15, 0.2) is 224 Å². The molecule has 11 aromatic rings. The third-order valence-corrected chi connectivity index (χ3v) is 17.6. The highest BCUT2D eigenvalue weighted by Gasteiger charge is 2.54. The second-order valence-electron chi connectivity index (χ2n) is 21.3. The van der Waals surface area contributed by atoms with Crippen molar-refractivity contribution >= 4 is 144 Å². The van der Waals surface area contributed by atoms with Crippen molar-refractivity contribution in [3.05, 3.63) is 224 Å². The van der Waals surface area contributed by atoms with Gasteiger partial charge in [0, 0.05) is 74.2 Å². The highest BCUT2D eigenvalue weighted by molar-refractivity contribution is 7.06. The zero-order valence-corrected chi connectivity index (χ0v) is 41.1. The lowest BCUT2D eigenvalue weighted by atomic mass is 9.27. The molecule has 0 saturated carbocycles. The van der Waals surface area contributed by atoms with Gasteiger partial charge in [-0.15, -0.1) is 0 Å². The van der Waals surface area contributed by atoms with E-state index in [1.54, 1.807) is 0 Å². The number of nitrogens with zero attached hydrogens (tertiary/aromatic N) is 3. The molecule has 0 aromatic heterocycles. The van der Waals surface area contributed by atoms with Crippen molar-refractivity contribution in [1.29, 1.82) is 0 Å². The number of ether oxygens (including phenoxy) is 4. The van der Waals surface area contributed by atoms with Gasteiger partial charge in [0.2, 0.25) is 0 Å². The molecule has 0 bridgehead atoms. The molecule has 0 N–H and O–H groups in total. The van der Waals surface area contributed by atoms with E-state index in [0.29, 0.717) is 0 Å². The Morgan fingerprint density at radius 2 is 0.584 bits per heavy atom. The van der Waals surface area contributed by atoms with E-state index >= 15 is 0 Å². The van der Waals surface area contributed by atoms with Gasteiger partial charge in [0.05, 0.1) is 0 Å². The van der Waals surface area contributed by atoms with E-state index in [4.69, 9.17) is 18.9 Å². The molecule has 0 saturated heterocycles. The number of para-hydroxylation sites is 6. The minimum atomic E-state index is -0.146. The molecule has 0 amide bonds. The summed E-state index contributed by atoms with van der Waals surface area (Å²) >= 11 is 0. The Bertz CT molecular complexity index is 4500. The van der Waals surface area contributed by atoms with Crippen molar-refractivity contribution < 1.29 is 18.9 Å². The molecule has 0 spiro atoms. The fraction of sp³-hybridized carbons (Fsp3) is 0. The lowest BCUT2D eigenvalue weighted by Crippen LogP contribution is -2.69. The maximum Gasteiger partial charge on any atom is 0.260 e. The smallest absolute Gasteiger partial charge is 0.260 e. The lowest BCUT2D eigenvalue weighted by Gasteiger charge is -2.51. The van der Waals surface area contributed by atoms with Crippen molar-refractivity contribution in [1.82, 2.24) is 0 Å². The van der Waals surface area contributed by atoms with Crippen molar-refractivity contribution in [2.24, 2.45) is 0 Å². The summed E-state index contributed by atoms with van der Waals surface area (Å²) in [6.45, 7) is -0.454. The van der Waals surface area contributed by atoms with Crippen molar-refractivity contribution in [2.45, 2.75) is 0 Å². The van der Waals surface area contributed by atoms with E-state index < -0.39 is 0 Å². The molecule has 0 radical (unpaired) electrons. The Kier molecular flexibility index (Phi) is 7.68. The second-order valence-corrected chi connectivity index (χ2v) is 21.3. The molecule has 11 heteroatoms. The Morgan fingerprint density at radius 3 is 1.08 bits per heavy atom. The molecular formula is C66H37B4N3O4. The summed E-state index contributed by atoms with van der Waals surface area (Å²) in [5.41, 5.74) is 24.5. The first-order valence-corrected chi connectivity index (χ1v) is 26.6. The van der Waals surface area contributed by atoms with Crippen LogP contribution in [-0.2, 0) is 0 Å². The minimum Gasteiger partial charge on any atom is -0.458 e. The Balaban J connectivity index is 0.936. The highest BCUT2D eigenvalue weighted by Crippen LogP contribution is 2.51. The third kappa shape index (κ3) is 5.16. The van der Waals surface area contributed by atoms with Crippen LogP contribution < -0.4 is 99.2 Å². The second kappa shape index (κ2) is 14.6. The molecule has 352 valence electrons. The van der Waals surface area contributed by atoms with Crippen LogP contribution in [0.1, 0.15) is 0 Å². The van der Waals surface area contributed by atoms with Gasteiger partial charge >= 0.3 is 0 Å². The topological polar surface area (TPSA) is 46.6 Å². The van der Waals surface area contributed by atoms with Gasteiger partial charge in [0.25, 0.3) is 26.9 Å². The molecule has 0 atom stereocenters. The molecule has 8 aliphatic rings. The van der Waals surface area contributed by atoms with Crippen LogP contribution in [0.3, 0.4) is 0 Å². The van der Waals surface area contributed by atoms with Gasteiger partial charge in [-0.3, -0.25) is 0 Å². The Morgan fingerprint density at radius 1 is 0.221 bits per heavy atom. The van der Waals surface area contributed by atoms with Crippen molar-refractivity contribution in [3.8, 4) is 46.0 Å². The molecule has 19 rings (SSSR count). The maximum absolute atomic E-state index is 7.16. The van der Waals surface area contributed by atoms with Crippen LogP contribution >= 0.6 is 0 Å². The van der Waals surface area contributed by atoms with Crippen LogP contribution in [0.25, 0.3) is 0 Å². The monoisotopic (exact) mass is 979 g/mol. The van der Waals surface area contributed by atoms with Crippen LogP contribution in [0.4, 0.5) is 51.2 Å². The average Bonchev–Trinajstić information content (AvgIpc) is 3.62. The summed E-state index contributed by atoms with van der Waals surface area (Å²) in [6.07, 6.45) is 0. The quantitative estimate of drug-likeness (QED) is 0.164. The van der Waals surface area contributed by atoms with Crippen LogP contribution in [-0.4, -0.2) is 26.9 Å². The van der Waals surface area contributed by atoms with Crippen molar-refractivity contribution in [2.75, 3.05) is 14.7 Å². The normalized spacial score (nSPS) is 14.7. The van der Waals surface area contributed by atoms with E-state index in [1.807, 2.05) is 12.1 Å². The Hall–Kier alpha value is -9.72. The minimum absolute atomic E-state index is 0.0844. The van der Waals surface area contributed by atoms with Gasteiger partial charge in [-0.05, 0) is 133 Å². The summed E-state index contributed by atoms with van der Waals surface area (Å²) in [6, 6.07) is 81.7. The summed E-state index contributed by atoms with van der Waals surface area (Å²) in [4.78, 5) is 7.63. The number of fused-ring (bicyclic) bond motifs is 18. The van der Waals surface area contributed by atoms with Crippen LogP contribution in [0.5, 0.6) is 46.0 Å². The van der Waals surface area contributed by atoms with E-state index in [1.165, 1.54) is 38.5 Å². The SMILES string of the molecule is c1ccc(N2c3ccccc3B3c4cc5c(cc4N4c6ccccc6B6c7cc8c(cc7N(c7ccccc7)c7cc2c3c4c76)Oc2cccc3c2B8c2ccccc2O3)Oc2cccc3c2B5c2ccccc2O3)cc1. The van der Waals surface area contributed by atoms with Crippen LogP contribution in [0.2, 0.25) is 0 Å². The number of hydrogen-bond acceptors (Lipinski definition) is 7. The molecule has 7 nitrogen and oxygen atoms in total. The highest BCUT2D eigenvalue weighted by atomic mass is 16.5. The van der Waals surface area contributed by atoms with Gasteiger partial charge in [-0.25, -0.2) is 0 Å². The number of rotatable bonds is 2. The summed E-state index contributed by atoms with van der Waals surface area (Å²) < 4.78 is 27.5. The lowest BCUT2D eigenvalue weighted by molar-refractivity contribution is 0.464. The average molecular weight is 979 g/mol. The third-order valence-electron chi connectivity index (χ3n) is 17.6. The summed E-state index contributed by atoms with van der Waals surface area (Å²) in [5, 5.41) is 0. The van der Waals surface area contributed by atoms with Crippen molar-refractivity contribution in [3.63, 3.8) is 0 Å². The van der Waals surface area contributed by atoms with Gasteiger partial charge in [-0.2, -0.15) is 0 Å². The predicted octanol–water partition coefficient (Wildman–Crippen LogP) is 7.84. The van der Waals surface area contributed by atoms with E-state index in [0.717, 1.165) is 124 Å². The summed E-state index contributed by atoms with van der Waals surface area (Å²) in [5.74, 6) is 6.80. The first-order valence-electron chi connectivity index (χ1n) is 26.6. The molecule has 8 aliphatic heterocycles. The number of anilines is 9. The molecule has 0 unspecified atom stereocenters. The maximum atomic E-state index is 7.16. The predicted molar refractivity (Wildman–Crippen MR) is 315 cm³/mol. The van der Waals surface area contributed by atoms with E-state index in [2.05, 4.69) is 227 Å². The fourth-order valence-corrected chi connectivity index (χ4v) is 14.7.